The number of carbonyl (C=O) groups excluding carboxylic acids is 1. The van der Waals surface area contributed by atoms with Gasteiger partial charge in [-0.3, -0.25) is 4.79 Å². The van der Waals surface area contributed by atoms with Gasteiger partial charge in [0.15, 0.2) is 0 Å². The van der Waals surface area contributed by atoms with Crippen LogP contribution in [0.3, 0.4) is 0 Å². The summed E-state index contributed by atoms with van der Waals surface area (Å²) in [6, 6.07) is 18.1. The van der Waals surface area contributed by atoms with Crippen molar-refractivity contribution in [1.29, 1.82) is 0 Å². The summed E-state index contributed by atoms with van der Waals surface area (Å²) in [7, 11) is -3.70. The minimum Gasteiger partial charge on any atom is -0.394 e. The van der Waals surface area contributed by atoms with Crippen LogP contribution in [-0.4, -0.2) is 62.3 Å². The third-order valence-corrected chi connectivity index (χ3v) is 8.40. The highest BCUT2D eigenvalue weighted by molar-refractivity contribution is 7.89. The van der Waals surface area contributed by atoms with Crippen LogP contribution in [0.25, 0.3) is 0 Å². The van der Waals surface area contributed by atoms with Crippen molar-refractivity contribution in [2.45, 2.75) is 61.7 Å². The van der Waals surface area contributed by atoms with Gasteiger partial charge in [0.1, 0.15) is 0 Å². The number of benzene rings is 2. The zero-order chi connectivity index (χ0) is 24.0. The number of hydrogen-bond acceptors (Lipinski definition) is 5. The number of aliphatic hydroxyl groups is 1. The molecular formula is C26H34N2O5S. The predicted octanol–water partition coefficient (Wildman–Crippen LogP) is 2.74. The zero-order valence-corrected chi connectivity index (χ0v) is 20.2. The van der Waals surface area contributed by atoms with Gasteiger partial charge in [-0.1, -0.05) is 48.5 Å². The van der Waals surface area contributed by atoms with Crippen LogP contribution in [0.4, 0.5) is 0 Å². The molecule has 2 saturated heterocycles. The molecule has 0 aliphatic carbocycles. The van der Waals surface area contributed by atoms with E-state index in [1.165, 1.54) is 17.7 Å². The van der Waals surface area contributed by atoms with Gasteiger partial charge >= 0.3 is 0 Å². The number of nitrogens with zero attached hydrogens (tertiary/aromatic N) is 1. The Morgan fingerprint density at radius 3 is 2.26 bits per heavy atom. The minimum atomic E-state index is -3.70. The highest BCUT2D eigenvalue weighted by atomic mass is 32.2. The standard InChI is InChI=1S/C26H34N2O5S/c29-19-25-24(27-34(31,32)23-9-5-2-6-10-23)12-11-22(33-25)18-26(30)28-15-13-21(14-16-28)17-20-7-3-1-4-8-20/h1-10,21-22,24-25,27,29H,11-19H2/t22-,24+,25+/m0/s1. The number of ether oxygens (including phenoxy) is 1. The van der Waals surface area contributed by atoms with E-state index in [1.54, 1.807) is 18.2 Å². The Morgan fingerprint density at radius 1 is 0.971 bits per heavy atom. The molecule has 4 rings (SSSR count). The lowest BCUT2D eigenvalue weighted by atomic mass is 9.90. The maximum atomic E-state index is 12.9. The lowest BCUT2D eigenvalue weighted by Gasteiger charge is -2.37. The number of likely N-dealkylation sites (tertiary alicyclic amines) is 1. The van der Waals surface area contributed by atoms with E-state index in [9.17, 15) is 18.3 Å². The third kappa shape index (κ3) is 6.44. The molecule has 8 heteroatoms. The number of sulfonamides is 1. The maximum absolute atomic E-state index is 12.9. The monoisotopic (exact) mass is 486 g/mol. The van der Waals surface area contributed by atoms with Gasteiger partial charge in [0, 0.05) is 13.1 Å². The van der Waals surface area contributed by atoms with Crippen molar-refractivity contribution in [2.24, 2.45) is 5.92 Å². The molecule has 1 amide bonds. The van der Waals surface area contributed by atoms with Crippen LogP contribution >= 0.6 is 0 Å². The smallest absolute Gasteiger partial charge is 0.240 e. The van der Waals surface area contributed by atoms with Gasteiger partial charge in [0.05, 0.1) is 36.2 Å². The van der Waals surface area contributed by atoms with E-state index < -0.39 is 22.2 Å². The van der Waals surface area contributed by atoms with Crippen LogP contribution < -0.4 is 4.72 Å². The molecule has 0 saturated carbocycles. The number of rotatable bonds is 8. The molecule has 2 N–H and O–H groups in total. The summed E-state index contributed by atoms with van der Waals surface area (Å²) in [5, 5.41) is 9.82. The number of nitrogens with one attached hydrogen (secondary N) is 1. The molecule has 0 aromatic heterocycles. The molecule has 7 nitrogen and oxygen atoms in total. The van der Waals surface area contributed by atoms with Crippen molar-refractivity contribution in [3.63, 3.8) is 0 Å². The van der Waals surface area contributed by atoms with Crippen molar-refractivity contribution in [1.82, 2.24) is 9.62 Å². The average Bonchev–Trinajstić information content (AvgIpc) is 2.86. The molecule has 3 atom stereocenters. The molecule has 2 aliphatic rings. The Labute approximate surface area is 202 Å². The van der Waals surface area contributed by atoms with Crippen LogP contribution in [0, 0.1) is 5.92 Å². The average molecular weight is 487 g/mol. The summed E-state index contributed by atoms with van der Waals surface area (Å²) in [5.74, 6) is 0.665. The zero-order valence-electron chi connectivity index (χ0n) is 19.4. The van der Waals surface area contributed by atoms with Gasteiger partial charge in [0.25, 0.3) is 0 Å². The number of piperidine rings is 1. The Balaban J connectivity index is 1.25. The van der Waals surface area contributed by atoms with Crippen molar-refractivity contribution < 1.29 is 23.1 Å². The van der Waals surface area contributed by atoms with Crippen LogP contribution in [0.1, 0.15) is 37.7 Å². The van der Waals surface area contributed by atoms with E-state index in [0.29, 0.717) is 18.8 Å². The summed E-state index contributed by atoms with van der Waals surface area (Å²) < 4.78 is 34.0. The molecule has 0 unspecified atom stereocenters. The molecular weight excluding hydrogens is 452 g/mol. The summed E-state index contributed by atoms with van der Waals surface area (Å²) in [4.78, 5) is 15.0. The molecule has 2 heterocycles. The fourth-order valence-corrected chi connectivity index (χ4v) is 6.26. The second kappa shape index (κ2) is 11.4. The van der Waals surface area contributed by atoms with Crippen molar-refractivity contribution in [2.75, 3.05) is 19.7 Å². The van der Waals surface area contributed by atoms with Gasteiger partial charge in [-0.25, -0.2) is 13.1 Å². The largest absolute Gasteiger partial charge is 0.394 e. The van der Waals surface area contributed by atoms with Crippen LogP contribution in [0.15, 0.2) is 65.6 Å². The molecule has 2 fully saturated rings. The number of carbonyl (C=O) groups is 1. The quantitative estimate of drug-likeness (QED) is 0.598. The summed E-state index contributed by atoms with van der Waals surface area (Å²) in [6.07, 6.45) is 3.38. The minimum absolute atomic E-state index is 0.0724. The molecule has 184 valence electrons. The highest BCUT2D eigenvalue weighted by Gasteiger charge is 2.35. The van der Waals surface area contributed by atoms with Gasteiger partial charge in [0.2, 0.25) is 15.9 Å². The molecule has 0 bridgehead atoms. The summed E-state index contributed by atoms with van der Waals surface area (Å²) in [5.41, 5.74) is 1.34. The Bertz CT molecular complexity index is 1020. The van der Waals surface area contributed by atoms with Gasteiger partial charge in [-0.2, -0.15) is 0 Å². The lowest BCUT2D eigenvalue weighted by molar-refractivity contribution is -0.141. The molecule has 34 heavy (non-hydrogen) atoms. The first-order chi connectivity index (χ1) is 16.4. The number of hydrogen-bond donors (Lipinski definition) is 2. The second-order valence-corrected chi connectivity index (χ2v) is 11.0. The normalized spacial score (nSPS) is 24.1. The first kappa shape index (κ1) is 24.9. The fraction of sp³-hybridized carbons (Fsp3) is 0.500. The van der Waals surface area contributed by atoms with E-state index in [1.807, 2.05) is 11.0 Å². The summed E-state index contributed by atoms with van der Waals surface area (Å²) in [6.45, 7) is 1.20. The molecule has 0 spiro atoms. The van der Waals surface area contributed by atoms with Crippen molar-refractivity contribution in [3.8, 4) is 0 Å². The maximum Gasteiger partial charge on any atom is 0.240 e. The van der Waals surface area contributed by atoms with Crippen molar-refractivity contribution in [3.05, 3.63) is 66.2 Å². The lowest BCUT2D eigenvalue weighted by Crippen LogP contribution is -2.51. The second-order valence-electron chi connectivity index (χ2n) is 9.32. The Morgan fingerprint density at radius 2 is 1.62 bits per heavy atom. The number of aliphatic hydroxyl groups excluding tert-OH is 1. The predicted molar refractivity (Wildman–Crippen MR) is 130 cm³/mol. The molecule has 2 aromatic carbocycles. The van der Waals surface area contributed by atoms with Crippen molar-refractivity contribution >= 4 is 15.9 Å². The third-order valence-electron chi connectivity index (χ3n) is 6.89. The topological polar surface area (TPSA) is 95.9 Å². The van der Waals surface area contributed by atoms with E-state index >= 15 is 0 Å². The Hall–Kier alpha value is -2.26. The van der Waals surface area contributed by atoms with Gasteiger partial charge in [-0.05, 0) is 55.7 Å². The first-order valence-corrected chi connectivity index (χ1v) is 13.6. The molecule has 2 aromatic rings. The van der Waals surface area contributed by atoms with Crippen LogP contribution in [0.2, 0.25) is 0 Å². The SMILES string of the molecule is O=C(C[C@@H]1CC[C@@H](NS(=O)(=O)c2ccccc2)[C@@H](CO)O1)N1CCC(Cc2ccccc2)CC1. The van der Waals surface area contributed by atoms with Crippen LogP contribution in [-0.2, 0) is 26.0 Å². The van der Waals surface area contributed by atoms with E-state index in [-0.39, 0.29) is 29.9 Å². The van der Waals surface area contributed by atoms with Gasteiger partial charge < -0.3 is 14.7 Å². The first-order valence-electron chi connectivity index (χ1n) is 12.1. The highest BCUT2D eigenvalue weighted by Crippen LogP contribution is 2.26. The van der Waals surface area contributed by atoms with E-state index in [2.05, 4.69) is 29.0 Å². The fourth-order valence-electron chi connectivity index (χ4n) is 4.94. The molecule has 0 radical (unpaired) electrons. The van der Waals surface area contributed by atoms with Crippen LogP contribution in [0.5, 0.6) is 0 Å². The number of amides is 1. The van der Waals surface area contributed by atoms with E-state index in [4.69, 9.17) is 4.74 Å². The van der Waals surface area contributed by atoms with Gasteiger partial charge in [-0.15, -0.1) is 0 Å². The van der Waals surface area contributed by atoms with E-state index in [0.717, 1.165) is 32.4 Å². The molecule has 2 aliphatic heterocycles. The Kier molecular flexibility index (Phi) is 8.37. The summed E-state index contributed by atoms with van der Waals surface area (Å²) >= 11 is 0.